The lowest BCUT2D eigenvalue weighted by atomic mass is 9.86. The molecule has 1 saturated carbocycles. The molecule has 0 amide bonds. The van der Waals surface area contributed by atoms with Gasteiger partial charge in [-0.25, -0.2) is 13.1 Å². The molecule has 1 aliphatic carbocycles. The van der Waals surface area contributed by atoms with Gasteiger partial charge in [0.1, 0.15) is 0 Å². The van der Waals surface area contributed by atoms with Crippen LogP contribution in [0, 0.1) is 5.92 Å². The van der Waals surface area contributed by atoms with Crippen LogP contribution in [0.15, 0.2) is 23.1 Å². The summed E-state index contributed by atoms with van der Waals surface area (Å²) in [6.45, 7) is 0. The molecule has 1 N–H and O–H groups in total. The summed E-state index contributed by atoms with van der Waals surface area (Å²) in [4.78, 5) is -0.998. The van der Waals surface area contributed by atoms with E-state index < -0.39 is 44.8 Å². The molecule has 0 saturated heterocycles. The molecule has 1 aromatic rings. The molecule has 1 aromatic carbocycles. The van der Waals surface area contributed by atoms with E-state index in [-0.39, 0.29) is 30.7 Å². The lowest BCUT2D eigenvalue weighted by Crippen LogP contribution is -2.40. The molecule has 3 nitrogen and oxygen atoms in total. The number of benzene rings is 1. The van der Waals surface area contributed by atoms with Gasteiger partial charge in [-0.05, 0) is 43.9 Å². The summed E-state index contributed by atoms with van der Waals surface area (Å²) in [5.41, 5.74) is -1.42. The Morgan fingerprint density at radius 1 is 1.00 bits per heavy atom. The van der Waals surface area contributed by atoms with Crippen LogP contribution < -0.4 is 4.72 Å². The van der Waals surface area contributed by atoms with E-state index in [0.29, 0.717) is 6.07 Å². The second kappa shape index (κ2) is 6.96. The summed E-state index contributed by atoms with van der Waals surface area (Å²) in [6, 6.07) is 1.39. The number of sulfonamides is 1. The van der Waals surface area contributed by atoms with Gasteiger partial charge in [0.05, 0.1) is 16.4 Å². The highest BCUT2D eigenvalue weighted by Crippen LogP contribution is 2.39. The molecule has 25 heavy (non-hydrogen) atoms. The van der Waals surface area contributed by atoms with Gasteiger partial charge in [-0.2, -0.15) is 26.3 Å². The summed E-state index contributed by atoms with van der Waals surface area (Å²) in [5, 5.41) is -0.281. The van der Waals surface area contributed by atoms with Gasteiger partial charge in [0, 0.05) is 11.1 Å². The topological polar surface area (TPSA) is 46.2 Å². The molecule has 1 fully saturated rings. The highest BCUT2D eigenvalue weighted by Gasteiger charge is 2.43. The van der Waals surface area contributed by atoms with Crippen LogP contribution in [0.3, 0.4) is 0 Å². The van der Waals surface area contributed by atoms with Crippen LogP contribution in [0.4, 0.5) is 26.3 Å². The number of rotatable bonds is 3. The van der Waals surface area contributed by atoms with Crippen molar-refractivity contribution in [2.24, 2.45) is 5.92 Å². The van der Waals surface area contributed by atoms with Crippen molar-refractivity contribution in [1.82, 2.24) is 4.72 Å². The van der Waals surface area contributed by atoms with Crippen molar-refractivity contribution in [2.75, 3.05) is 0 Å². The third kappa shape index (κ3) is 5.01. The second-order valence-electron chi connectivity index (χ2n) is 5.85. The Morgan fingerprint density at radius 3 is 2.04 bits per heavy atom. The molecule has 2 rings (SSSR count). The molecular formula is C14H14ClF6NO2S. The van der Waals surface area contributed by atoms with Gasteiger partial charge in [-0.1, -0.05) is 11.6 Å². The Morgan fingerprint density at radius 2 is 1.56 bits per heavy atom. The van der Waals surface area contributed by atoms with Crippen LogP contribution in [-0.4, -0.2) is 20.6 Å². The van der Waals surface area contributed by atoms with Crippen LogP contribution in [-0.2, 0) is 16.2 Å². The Labute approximate surface area is 145 Å². The van der Waals surface area contributed by atoms with Gasteiger partial charge in [-0.3, -0.25) is 0 Å². The molecule has 0 atom stereocenters. The van der Waals surface area contributed by atoms with E-state index in [1.807, 2.05) is 0 Å². The fourth-order valence-electron chi connectivity index (χ4n) is 2.78. The van der Waals surface area contributed by atoms with Crippen molar-refractivity contribution >= 4 is 21.6 Å². The molecule has 0 heterocycles. The Hall–Kier alpha value is -1.00. The minimum Gasteiger partial charge on any atom is -0.208 e. The van der Waals surface area contributed by atoms with E-state index >= 15 is 0 Å². The van der Waals surface area contributed by atoms with Crippen molar-refractivity contribution in [3.63, 3.8) is 0 Å². The van der Waals surface area contributed by atoms with Crippen molar-refractivity contribution in [2.45, 2.75) is 49.0 Å². The number of nitrogens with one attached hydrogen (secondary N) is 1. The normalized spacial score (nSPS) is 22.8. The van der Waals surface area contributed by atoms with Crippen LogP contribution in [0.1, 0.15) is 31.2 Å². The van der Waals surface area contributed by atoms with Crippen molar-refractivity contribution in [1.29, 1.82) is 0 Å². The van der Waals surface area contributed by atoms with Gasteiger partial charge in [-0.15, -0.1) is 0 Å². The van der Waals surface area contributed by atoms with Crippen LogP contribution in [0.2, 0.25) is 5.02 Å². The van der Waals surface area contributed by atoms with E-state index in [1.54, 1.807) is 0 Å². The maximum atomic E-state index is 13.0. The number of hydrogen-bond donors (Lipinski definition) is 1. The Kier molecular flexibility index (Phi) is 5.65. The predicted molar refractivity (Wildman–Crippen MR) is 78.6 cm³/mol. The lowest BCUT2D eigenvalue weighted by Gasteiger charge is -2.30. The van der Waals surface area contributed by atoms with E-state index in [1.165, 1.54) is 0 Å². The lowest BCUT2D eigenvalue weighted by molar-refractivity contribution is -0.182. The molecule has 11 heteroatoms. The first-order valence-electron chi connectivity index (χ1n) is 7.26. The molecule has 0 spiro atoms. The molecule has 0 aliphatic heterocycles. The first-order chi connectivity index (χ1) is 11.3. The van der Waals surface area contributed by atoms with Gasteiger partial charge < -0.3 is 0 Å². The highest BCUT2D eigenvalue weighted by atomic mass is 35.5. The standard InChI is InChI=1S/C14H14ClF6NO2S/c15-9-3-6-12(11(7-9)14(19,20)21)25(23,24)22-10-4-1-8(2-5-10)13(16,17)18/h3,6-8,10,22H,1-2,4-5H2. The zero-order valence-corrected chi connectivity index (χ0v) is 14.2. The SMILES string of the molecule is O=S(=O)(NC1CCC(C(F)(F)F)CC1)c1ccc(Cl)cc1C(F)(F)F. The summed E-state index contributed by atoms with van der Waals surface area (Å²) >= 11 is 5.50. The maximum Gasteiger partial charge on any atom is 0.417 e. The third-order valence-electron chi connectivity index (χ3n) is 4.05. The fourth-order valence-corrected chi connectivity index (χ4v) is 4.46. The van der Waals surface area contributed by atoms with Crippen molar-refractivity contribution < 1.29 is 34.8 Å². The zero-order valence-electron chi connectivity index (χ0n) is 12.6. The largest absolute Gasteiger partial charge is 0.417 e. The molecule has 142 valence electrons. The number of hydrogen-bond acceptors (Lipinski definition) is 2. The highest BCUT2D eigenvalue weighted by molar-refractivity contribution is 7.89. The van der Waals surface area contributed by atoms with E-state index in [9.17, 15) is 34.8 Å². The predicted octanol–water partition coefficient (Wildman–Crippen LogP) is 4.76. The van der Waals surface area contributed by atoms with Crippen LogP contribution >= 0.6 is 11.6 Å². The minimum absolute atomic E-state index is 0.0989. The minimum atomic E-state index is -4.94. The van der Waals surface area contributed by atoms with Crippen molar-refractivity contribution in [3.05, 3.63) is 28.8 Å². The number of alkyl halides is 6. The van der Waals surface area contributed by atoms with Gasteiger partial charge in [0.2, 0.25) is 10.0 Å². The molecular weight excluding hydrogens is 396 g/mol. The first kappa shape index (κ1) is 20.3. The van der Waals surface area contributed by atoms with E-state index in [4.69, 9.17) is 11.6 Å². The zero-order chi connectivity index (χ0) is 19.0. The van der Waals surface area contributed by atoms with Crippen molar-refractivity contribution in [3.8, 4) is 0 Å². The molecule has 0 radical (unpaired) electrons. The summed E-state index contributed by atoms with van der Waals surface area (Å²) in [5.74, 6) is -1.52. The molecule has 1 aliphatic rings. The summed E-state index contributed by atoms with van der Waals surface area (Å²) < 4.78 is 104. The van der Waals surface area contributed by atoms with Crippen LogP contribution in [0.5, 0.6) is 0 Å². The summed E-state index contributed by atoms with van der Waals surface area (Å²) in [7, 11) is -4.55. The van der Waals surface area contributed by atoms with Gasteiger partial charge in [0.25, 0.3) is 0 Å². The Balaban J connectivity index is 2.19. The van der Waals surface area contributed by atoms with Gasteiger partial charge >= 0.3 is 12.4 Å². The van der Waals surface area contributed by atoms with E-state index in [0.717, 1.165) is 12.1 Å². The molecule has 0 unspecified atom stereocenters. The average Bonchev–Trinajstić information content (AvgIpc) is 2.45. The third-order valence-corrected chi connectivity index (χ3v) is 5.86. The van der Waals surface area contributed by atoms with Gasteiger partial charge in [0.15, 0.2) is 0 Å². The maximum absolute atomic E-state index is 13.0. The molecule has 0 bridgehead atoms. The van der Waals surface area contributed by atoms with E-state index in [2.05, 4.69) is 4.72 Å². The van der Waals surface area contributed by atoms with Crippen LogP contribution in [0.25, 0.3) is 0 Å². The number of halogens is 7. The smallest absolute Gasteiger partial charge is 0.208 e. The molecule has 0 aromatic heterocycles. The quantitative estimate of drug-likeness (QED) is 0.732. The first-order valence-corrected chi connectivity index (χ1v) is 9.12. The second-order valence-corrected chi connectivity index (χ2v) is 7.97. The fraction of sp³-hybridized carbons (Fsp3) is 0.571. The summed E-state index contributed by atoms with van der Waals surface area (Å²) in [6.07, 6.45) is -10.0. The monoisotopic (exact) mass is 409 g/mol. The Bertz CT molecular complexity index is 724. The average molecular weight is 410 g/mol.